The number of benzene rings is 1. The van der Waals surface area contributed by atoms with Crippen molar-refractivity contribution in [1.82, 2.24) is 5.43 Å². The molecule has 4 N–H and O–H groups in total. The maximum absolute atomic E-state index is 12.6. The maximum atomic E-state index is 12.6. The number of nitrogens with two attached hydrogens (primary N) is 1. The fourth-order valence-electron chi connectivity index (χ4n) is 1.34. The average Bonchev–Trinajstić information content (AvgIpc) is 2.36. The fraction of sp³-hybridized carbons (Fsp3) is 0.167. The number of anilines is 1. The highest BCUT2D eigenvalue weighted by Crippen LogP contribution is 2.33. The second-order valence-electron chi connectivity index (χ2n) is 3.92. The van der Waals surface area contributed by atoms with E-state index in [1.54, 1.807) is 6.07 Å². The normalized spacial score (nSPS) is 12.2. The SMILES string of the molecule is C/C(NNc1cc(C(F)(F)F)ccc1Cl)=C(\C#N)C(N)=S. The summed E-state index contributed by atoms with van der Waals surface area (Å²) >= 11 is 10.5. The van der Waals surface area contributed by atoms with E-state index in [0.29, 0.717) is 0 Å². The van der Waals surface area contributed by atoms with Crippen molar-refractivity contribution >= 4 is 34.5 Å². The van der Waals surface area contributed by atoms with Crippen LogP contribution in [0.15, 0.2) is 29.5 Å². The van der Waals surface area contributed by atoms with Crippen molar-refractivity contribution in [1.29, 1.82) is 5.26 Å². The van der Waals surface area contributed by atoms with Crippen LogP contribution in [0.25, 0.3) is 0 Å². The van der Waals surface area contributed by atoms with Crippen LogP contribution in [-0.4, -0.2) is 4.99 Å². The molecule has 0 aliphatic heterocycles. The van der Waals surface area contributed by atoms with E-state index in [1.165, 1.54) is 6.92 Å². The summed E-state index contributed by atoms with van der Waals surface area (Å²) in [6.45, 7) is 1.49. The number of rotatable bonds is 4. The number of hydrazine groups is 1. The molecule has 1 rings (SSSR count). The summed E-state index contributed by atoms with van der Waals surface area (Å²) in [6, 6.07) is 4.61. The number of alkyl halides is 3. The first-order valence-corrected chi connectivity index (χ1v) is 6.25. The summed E-state index contributed by atoms with van der Waals surface area (Å²) in [4.78, 5) is -0.126. The third kappa shape index (κ3) is 4.51. The minimum Gasteiger partial charge on any atom is -0.389 e. The predicted molar refractivity (Wildman–Crippen MR) is 78.3 cm³/mol. The molecule has 4 nitrogen and oxygen atoms in total. The second-order valence-corrected chi connectivity index (χ2v) is 4.77. The molecule has 0 atom stereocenters. The molecule has 0 spiro atoms. The molecule has 0 unspecified atom stereocenters. The van der Waals surface area contributed by atoms with Crippen molar-refractivity contribution in [3.63, 3.8) is 0 Å². The summed E-state index contributed by atoms with van der Waals surface area (Å²) < 4.78 is 37.8. The van der Waals surface area contributed by atoms with Gasteiger partial charge in [-0.15, -0.1) is 0 Å². The fourth-order valence-corrected chi connectivity index (χ4v) is 1.71. The summed E-state index contributed by atoms with van der Waals surface area (Å²) in [5.41, 5.74) is 9.79. The van der Waals surface area contributed by atoms with Gasteiger partial charge in [0.25, 0.3) is 0 Å². The Hall–Kier alpha value is -1.98. The Kier molecular flexibility index (Phi) is 5.41. The van der Waals surface area contributed by atoms with Gasteiger partial charge in [-0.05, 0) is 25.1 Å². The number of nitriles is 1. The molecule has 112 valence electrons. The highest BCUT2D eigenvalue weighted by molar-refractivity contribution is 7.80. The van der Waals surface area contributed by atoms with Crippen LogP contribution in [0.4, 0.5) is 18.9 Å². The van der Waals surface area contributed by atoms with Crippen molar-refractivity contribution in [2.75, 3.05) is 5.43 Å². The summed E-state index contributed by atoms with van der Waals surface area (Å²) in [5, 5.41) is 8.93. The molecule has 21 heavy (non-hydrogen) atoms. The van der Waals surface area contributed by atoms with Crippen LogP contribution in [-0.2, 0) is 6.18 Å². The molecule has 9 heteroatoms. The monoisotopic (exact) mass is 334 g/mol. The zero-order chi connectivity index (χ0) is 16.2. The largest absolute Gasteiger partial charge is 0.416 e. The first-order valence-electron chi connectivity index (χ1n) is 5.46. The standard InChI is InChI=1S/C12H10ClF3N4S/c1-6(8(5-17)11(18)21)19-20-10-4-7(12(14,15)16)2-3-9(10)13/h2-4,19-20H,1H3,(H2,18,21)/b8-6-. The van der Waals surface area contributed by atoms with E-state index >= 15 is 0 Å². The van der Waals surface area contributed by atoms with Crippen molar-refractivity contribution in [3.8, 4) is 6.07 Å². The molecule has 0 amide bonds. The Balaban J connectivity index is 3.00. The number of nitrogens with zero attached hydrogens (tertiary/aromatic N) is 1. The van der Waals surface area contributed by atoms with E-state index in [1.807, 2.05) is 0 Å². The lowest BCUT2D eigenvalue weighted by molar-refractivity contribution is -0.137. The van der Waals surface area contributed by atoms with Gasteiger partial charge in [0.1, 0.15) is 16.6 Å². The van der Waals surface area contributed by atoms with E-state index in [2.05, 4.69) is 23.1 Å². The van der Waals surface area contributed by atoms with Gasteiger partial charge in [-0.2, -0.15) is 18.4 Å². The van der Waals surface area contributed by atoms with Crippen molar-refractivity contribution in [2.24, 2.45) is 5.73 Å². The highest BCUT2D eigenvalue weighted by atomic mass is 35.5. The Labute approximate surface area is 129 Å². The number of hydrogen-bond acceptors (Lipinski definition) is 4. The lowest BCUT2D eigenvalue weighted by Gasteiger charge is -2.14. The van der Waals surface area contributed by atoms with Gasteiger partial charge in [0.15, 0.2) is 0 Å². The second kappa shape index (κ2) is 6.65. The minimum atomic E-state index is -4.48. The predicted octanol–water partition coefficient (Wildman–Crippen LogP) is 3.36. The Morgan fingerprint density at radius 3 is 2.52 bits per heavy atom. The molecule has 1 aromatic carbocycles. The molecule has 0 aliphatic carbocycles. The number of hydrogen-bond donors (Lipinski definition) is 3. The van der Waals surface area contributed by atoms with Crippen LogP contribution in [0, 0.1) is 11.3 Å². The van der Waals surface area contributed by atoms with E-state index in [0.717, 1.165) is 18.2 Å². The summed E-state index contributed by atoms with van der Waals surface area (Å²) in [5.74, 6) is 0. The zero-order valence-corrected chi connectivity index (χ0v) is 12.2. The van der Waals surface area contributed by atoms with E-state index in [9.17, 15) is 13.2 Å². The molecular weight excluding hydrogens is 325 g/mol. The van der Waals surface area contributed by atoms with Crippen molar-refractivity contribution in [2.45, 2.75) is 13.1 Å². The van der Waals surface area contributed by atoms with Crippen LogP contribution < -0.4 is 16.6 Å². The van der Waals surface area contributed by atoms with Gasteiger partial charge >= 0.3 is 6.18 Å². The maximum Gasteiger partial charge on any atom is 0.416 e. The van der Waals surface area contributed by atoms with Crippen LogP contribution in [0.5, 0.6) is 0 Å². The lowest BCUT2D eigenvalue weighted by Crippen LogP contribution is -2.24. The number of thiocarbonyl (C=S) groups is 1. The third-order valence-electron chi connectivity index (χ3n) is 2.41. The van der Waals surface area contributed by atoms with Crippen LogP contribution >= 0.6 is 23.8 Å². The third-order valence-corrected chi connectivity index (χ3v) is 2.95. The van der Waals surface area contributed by atoms with Gasteiger partial charge in [0.05, 0.1) is 16.3 Å². The number of allylic oxidation sites excluding steroid dienone is 1. The molecule has 0 bridgehead atoms. The first kappa shape index (κ1) is 17.1. The highest BCUT2D eigenvalue weighted by Gasteiger charge is 2.30. The Bertz CT molecular complexity index is 634. The van der Waals surface area contributed by atoms with E-state index in [-0.39, 0.29) is 27.0 Å². The van der Waals surface area contributed by atoms with Crippen molar-refractivity contribution < 1.29 is 13.2 Å². The van der Waals surface area contributed by atoms with Gasteiger partial charge in [-0.1, -0.05) is 23.8 Å². The quantitative estimate of drug-likeness (QED) is 0.341. The topological polar surface area (TPSA) is 73.9 Å². The van der Waals surface area contributed by atoms with Gasteiger partial charge in [0.2, 0.25) is 0 Å². The number of halogens is 4. The smallest absolute Gasteiger partial charge is 0.389 e. The van der Waals surface area contributed by atoms with Gasteiger partial charge in [-0.3, -0.25) is 5.43 Å². The first-order chi connectivity index (χ1) is 9.66. The van der Waals surface area contributed by atoms with Crippen molar-refractivity contribution in [3.05, 3.63) is 40.1 Å². The molecule has 0 radical (unpaired) electrons. The molecule has 0 heterocycles. The molecular formula is C12H10ClF3N4S. The van der Waals surface area contributed by atoms with E-state index < -0.39 is 11.7 Å². The van der Waals surface area contributed by atoms with Gasteiger partial charge < -0.3 is 11.2 Å². The number of nitrogens with one attached hydrogen (secondary N) is 2. The van der Waals surface area contributed by atoms with E-state index in [4.69, 9.17) is 22.6 Å². The Morgan fingerprint density at radius 1 is 1.43 bits per heavy atom. The molecule has 0 saturated heterocycles. The Morgan fingerprint density at radius 2 is 2.05 bits per heavy atom. The van der Waals surface area contributed by atoms with Gasteiger partial charge in [0, 0.05) is 5.70 Å². The molecule has 1 aromatic rings. The molecule has 0 saturated carbocycles. The summed E-state index contributed by atoms with van der Waals surface area (Å²) in [6.07, 6.45) is -4.48. The van der Waals surface area contributed by atoms with Crippen LogP contribution in [0.2, 0.25) is 5.02 Å². The summed E-state index contributed by atoms with van der Waals surface area (Å²) in [7, 11) is 0. The van der Waals surface area contributed by atoms with Gasteiger partial charge in [-0.25, -0.2) is 0 Å². The van der Waals surface area contributed by atoms with Crippen LogP contribution in [0.1, 0.15) is 12.5 Å². The minimum absolute atomic E-state index is 0.00562. The lowest BCUT2D eigenvalue weighted by atomic mass is 10.2. The zero-order valence-electron chi connectivity index (χ0n) is 10.7. The molecule has 0 aromatic heterocycles. The molecule has 0 fully saturated rings. The van der Waals surface area contributed by atoms with Crippen LogP contribution in [0.3, 0.4) is 0 Å². The average molecular weight is 335 g/mol. The molecule has 0 aliphatic rings.